The van der Waals surface area contributed by atoms with Gasteiger partial charge < -0.3 is 10.1 Å². The van der Waals surface area contributed by atoms with Crippen LogP contribution in [0.4, 0.5) is 4.79 Å². The Balaban J connectivity index is 2.50. The monoisotopic (exact) mass is 292 g/mol. The number of hydrogen-bond acceptors (Lipinski definition) is 3. The Kier molecular flexibility index (Phi) is 5.60. The number of rotatable bonds is 3. The summed E-state index contributed by atoms with van der Waals surface area (Å²) in [4.78, 5) is 11.4. The van der Waals surface area contributed by atoms with Gasteiger partial charge in [-0.25, -0.2) is 4.79 Å². The highest BCUT2D eigenvalue weighted by Gasteiger charge is 2.14. The number of hydrogen-bond donors (Lipinski definition) is 1. The molecule has 0 spiro atoms. The standard InChI is InChI=1S/C15H17ClN2O2/c1-15(2,3)20-14(19)18-8-4-5-12-7-6-11(10-17)9-13(12)16/h4-7,9H,8H2,1-3H3,(H,18,19). The third kappa shape index (κ3) is 5.77. The molecule has 0 saturated heterocycles. The highest BCUT2D eigenvalue weighted by molar-refractivity contribution is 6.32. The fraction of sp³-hybridized carbons (Fsp3) is 0.333. The summed E-state index contributed by atoms with van der Waals surface area (Å²) in [5.41, 5.74) is 0.792. The molecule has 0 aliphatic rings. The van der Waals surface area contributed by atoms with E-state index in [1.54, 1.807) is 51.1 Å². The van der Waals surface area contributed by atoms with E-state index in [-0.39, 0.29) is 0 Å². The Hall–Kier alpha value is -1.99. The molecule has 0 aliphatic heterocycles. The summed E-state index contributed by atoms with van der Waals surface area (Å²) >= 11 is 6.02. The minimum atomic E-state index is -0.510. The van der Waals surface area contributed by atoms with Crippen molar-refractivity contribution in [1.29, 1.82) is 5.26 Å². The molecule has 20 heavy (non-hydrogen) atoms. The summed E-state index contributed by atoms with van der Waals surface area (Å²) < 4.78 is 5.10. The quantitative estimate of drug-likeness (QED) is 0.923. The molecule has 0 aromatic heterocycles. The number of ether oxygens (including phenoxy) is 1. The average molecular weight is 293 g/mol. The summed E-state index contributed by atoms with van der Waals surface area (Å²) in [7, 11) is 0. The minimum absolute atomic E-state index is 0.339. The third-order valence-corrected chi connectivity index (χ3v) is 2.52. The first-order valence-corrected chi connectivity index (χ1v) is 6.52. The van der Waals surface area contributed by atoms with Gasteiger partial charge >= 0.3 is 6.09 Å². The Morgan fingerprint density at radius 1 is 1.50 bits per heavy atom. The van der Waals surface area contributed by atoms with E-state index in [0.717, 1.165) is 5.56 Å². The van der Waals surface area contributed by atoms with Crippen LogP contribution in [0.15, 0.2) is 24.3 Å². The van der Waals surface area contributed by atoms with Crippen molar-refractivity contribution in [2.75, 3.05) is 6.54 Å². The zero-order valence-electron chi connectivity index (χ0n) is 11.7. The van der Waals surface area contributed by atoms with Gasteiger partial charge in [-0.3, -0.25) is 0 Å². The predicted octanol–water partition coefficient (Wildman–Crippen LogP) is 3.75. The zero-order valence-corrected chi connectivity index (χ0v) is 12.5. The molecule has 1 rings (SSSR count). The van der Waals surface area contributed by atoms with Crippen molar-refractivity contribution in [3.05, 3.63) is 40.4 Å². The van der Waals surface area contributed by atoms with E-state index >= 15 is 0 Å². The lowest BCUT2D eigenvalue weighted by molar-refractivity contribution is 0.0534. The van der Waals surface area contributed by atoms with Gasteiger partial charge in [0.1, 0.15) is 5.60 Å². The van der Waals surface area contributed by atoms with Gasteiger partial charge in [-0.15, -0.1) is 0 Å². The first-order valence-electron chi connectivity index (χ1n) is 6.15. The Labute approximate surface area is 124 Å². The number of carbonyl (C=O) groups is 1. The van der Waals surface area contributed by atoms with E-state index < -0.39 is 11.7 Å². The van der Waals surface area contributed by atoms with Crippen molar-refractivity contribution in [3.8, 4) is 6.07 Å². The molecule has 0 fully saturated rings. The SMILES string of the molecule is CC(C)(C)OC(=O)NCC=Cc1ccc(C#N)cc1Cl. The second-order valence-corrected chi connectivity index (χ2v) is 5.54. The van der Waals surface area contributed by atoms with Gasteiger partial charge in [-0.2, -0.15) is 5.26 Å². The van der Waals surface area contributed by atoms with E-state index in [1.165, 1.54) is 0 Å². The summed E-state index contributed by atoms with van der Waals surface area (Å²) in [5, 5.41) is 11.8. The molecule has 5 heteroatoms. The molecule has 0 unspecified atom stereocenters. The van der Waals surface area contributed by atoms with E-state index in [4.69, 9.17) is 21.6 Å². The van der Waals surface area contributed by atoms with Crippen LogP contribution in [-0.4, -0.2) is 18.2 Å². The molecule has 0 heterocycles. The molecule has 0 radical (unpaired) electrons. The van der Waals surface area contributed by atoms with Crippen LogP contribution in [0.25, 0.3) is 6.08 Å². The van der Waals surface area contributed by atoms with Gasteiger partial charge in [0.05, 0.1) is 11.6 Å². The molecule has 1 aromatic carbocycles. The van der Waals surface area contributed by atoms with E-state index in [9.17, 15) is 4.79 Å². The van der Waals surface area contributed by atoms with Gasteiger partial charge in [0.15, 0.2) is 0 Å². The van der Waals surface area contributed by atoms with Crippen LogP contribution in [0.1, 0.15) is 31.9 Å². The maximum absolute atomic E-state index is 11.4. The highest BCUT2D eigenvalue weighted by Crippen LogP contribution is 2.18. The predicted molar refractivity (Wildman–Crippen MR) is 79.4 cm³/mol. The molecule has 0 saturated carbocycles. The smallest absolute Gasteiger partial charge is 0.407 e. The molecule has 106 valence electrons. The molecule has 0 bridgehead atoms. The molecule has 1 N–H and O–H groups in total. The lowest BCUT2D eigenvalue weighted by Gasteiger charge is -2.19. The minimum Gasteiger partial charge on any atom is -0.444 e. The summed E-state index contributed by atoms with van der Waals surface area (Å²) in [6, 6.07) is 7.06. The number of carbonyl (C=O) groups excluding carboxylic acids is 1. The van der Waals surface area contributed by atoms with E-state index in [2.05, 4.69) is 5.32 Å². The summed E-state index contributed by atoms with van der Waals surface area (Å²) in [5.74, 6) is 0. The molecular formula is C15H17ClN2O2. The molecule has 0 aliphatic carbocycles. The van der Waals surface area contributed by atoms with Crippen LogP contribution in [0.3, 0.4) is 0 Å². The maximum atomic E-state index is 11.4. The summed E-state index contributed by atoms with van der Waals surface area (Å²) in [6.07, 6.45) is 3.07. The molecule has 4 nitrogen and oxygen atoms in total. The van der Waals surface area contributed by atoms with Crippen LogP contribution in [-0.2, 0) is 4.74 Å². The van der Waals surface area contributed by atoms with Crippen LogP contribution >= 0.6 is 11.6 Å². The zero-order chi connectivity index (χ0) is 15.2. The lowest BCUT2D eigenvalue weighted by atomic mass is 10.1. The fourth-order valence-electron chi connectivity index (χ4n) is 1.37. The Morgan fingerprint density at radius 2 is 2.20 bits per heavy atom. The topological polar surface area (TPSA) is 62.1 Å². The van der Waals surface area contributed by atoms with Gasteiger partial charge in [-0.05, 0) is 38.5 Å². The van der Waals surface area contributed by atoms with Crippen LogP contribution in [0, 0.1) is 11.3 Å². The van der Waals surface area contributed by atoms with Crippen LogP contribution in [0.2, 0.25) is 5.02 Å². The first kappa shape index (κ1) is 16.1. The van der Waals surface area contributed by atoms with Crippen molar-refractivity contribution >= 4 is 23.8 Å². The van der Waals surface area contributed by atoms with Crippen LogP contribution in [0.5, 0.6) is 0 Å². The van der Waals surface area contributed by atoms with Gasteiger partial charge in [0.25, 0.3) is 0 Å². The molecular weight excluding hydrogens is 276 g/mol. The normalized spacial score (nSPS) is 11.2. The Morgan fingerprint density at radius 3 is 2.75 bits per heavy atom. The van der Waals surface area contributed by atoms with Crippen molar-refractivity contribution in [1.82, 2.24) is 5.32 Å². The number of nitriles is 1. The van der Waals surface area contributed by atoms with Gasteiger partial charge in [-0.1, -0.05) is 29.8 Å². The largest absolute Gasteiger partial charge is 0.444 e. The van der Waals surface area contributed by atoms with Crippen molar-refractivity contribution in [2.45, 2.75) is 26.4 Å². The Bertz CT molecular complexity index is 554. The first-order chi connectivity index (χ1) is 9.31. The van der Waals surface area contributed by atoms with Gasteiger partial charge in [0, 0.05) is 11.6 Å². The number of halogens is 1. The number of amides is 1. The van der Waals surface area contributed by atoms with Crippen molar-refractivity contribution in [3.63, 3.8) is 0 Å². The van der Waals surface area contributed by atoms with Gasteiger partial charge in [0.2, 0.25) is 0 Å². The average Bonchev–Trinajstić information content (AvgIpc) is 2.33. The van der Waals surface area contributed by atoms with E-state index in [1.807, 2.05) is 6.07 Å². The van der Waals surface area contributed by atoms with Crippen LogP contribution < -0.4 is 5.32 Å². The third-order valence-electron chi connectivity index (χ3n) is 2.19. The molecule has 0 atom stereocenters. The summed E-state index contributed by atoms with van der Waals surface area (Å²) in [6.45, 7) is 5.75. The molecule has 1 aromatic rings. The number of nitrogens with zero attached hydrogens (tertiary/aromatic N) is 1. The lowest BCUT2D eigenvalue weighted by Crippen LogP contribution is -2.32. The number of nitrogens with one attached hydrogen (secondary N) is 1. The second kappa shape index (κ2) is 6.97. The van der Waals surface area contributed by atoms with Crippen molar-refractivity contribution < 1.29 is 9.53 Å². The van der Waals surface area contributed by atoms with Crippen molar-refractivity contribution in [2.24, 2.45) is 0 Å². The highest BCUT2D eigenvalue weighted by atomic mass is 35.5. The number of alkyl carbamates (subject to hydrolysis) is 1. The fourth-order valence-corrected chi connectivity index (χ4v) is 1.62. The van der Waals surface area contributed by atoms with E-state index in [0.29, 0.717) is 17.1 Å². The molecule has 1 amide bonds. The number of benzene rings is 1. The maximum Gasteiger partial charge on any atom is 0.407 e. The second-order valence-electron chi connectivity index (χ2n) is 5.13.